The lowest BCUT2D eigenvalue weighted by Crippen LogP contribution is -2.51. The number of aliphatic hydroxyl groups is 1. The third-order valence-electron chi connectivity index (χ3n) is 6.56. The second-order valence-corrected chi connectivity index (χ2v) is 9.36. The number of nitrogens with one attached hydrogen (secondary N) is 2. The van der Waals surface area contributed by atoms with Crippen LogP contribution in [0.5, 0.6) is 11.5 Å². The molecule has 3 atom stereocenters. The number of fused-ring (bicyclic) bond motifs is 2. The molecule has 0 radical (unpaired) electrons. The van der Waals surface area contributed by atoms with Crippen molar-refractivity contribution in [2.45, 2.75) is 31.3 Å². The lowest BCUT2D eigenvalue weighted by molar-refractivity contribution is -0.118. The molecule has 0 bridgehead atoms. The number of piperidine rings is 1. The van der Waals surface area contributed by atoms with Crippen molar-refractivity contribution in [3.63, 3.8) is 0 Å². The Morgan fingerprint density at radius 2 is 2.22 bits per heavy atom. The number of aromatic nitrogens is 2. The molecule has 1 aromatic carbocycles. The largest absolute Gasteiger partial charge is 0.497 e. The maximum absolute atomic E-state index is 15.1. The van der Waals surface area contributed by atoms with Gasteiger partial charge in [0.1, 0.15) is 11.9 Å². The fraction of sp³-hybridized carbons (Fsp3) is 0.400. The van der Waals surface area contributed by atoms with Crippen LogP contribution in [-0.2, 0) is 11.3 Å². The lowest BCUT2D eigenvalue weighted by atomic mass is 10.00. The summed E-state index contributed by atoms with van der Waals surface area (Å²) in [7, 11) is 1.59. The van der Waals surface area contributed by atoms with Crippen LogP contribution in [0, 0.1) is 0 Å². The van der Waals surface area contributed by atoms with E-state index in [1.165, 1.54) is 0 Å². The van der Waals surface area contributed by atoms with Crippen molar-refractivity contribution in [3.8, 4) is 11.5 Å². The highest BCUT2D eigenvalue weighted by Crippen LogP contribution is 2.31. The van der Waals surface area contributed by atoms with Crippen molar-refractivity contribution in [3.05, 3.63) is 52.8 Å². The van der Waals surface area contributed by atoms with Crippen molar-refractivity contribution in [2.24, 2.45) is 0 Å². The average molecular weight is 552 g/mol. The predicted molar refractivity (Wildman–Crippen MR) is 140 cm³/mol. The second kappa shape index (κ2) is 11.7. The molecular formula is C25H28Cl2FN5O4. The number of methoxy groups -OCH3 is 1. The molecule has 4 heterocycles. The van der Waals surface area contributed by atoms with E-state index in [0.717, 1.165) is 16.5 Å². The molecule has 198 valence electrons. The third-order valence-corrected chi connectivity index (χ3v) is 6.89. The zero-order valence-electron chi connectivity index (χ0n) is 20.1. The van der Waals surface area contributed by atoms with E-state index in [9.17, 15) is 9.90 Å². The normalized spacial score (nSPS) is 20.4. The molecule has 2 aliphatic rings. The summed E-state index contributed by atoms with van der Waals surface area (Å²) >= 11 is 6.31. The Morgan fingerprint density at radius 1 is 1.38 bits per heavy atom. The van der Waals surface area contributed by atoms with Gasteiger partial charge in [-0.15, -0.1) is 12.4 Å². The number of alkyl halides is 1. The Labute approximate surface area is 224 Å². The number of carbonyl (C=O) groups excluding carboxylic acids is 1. The number of amides is 1. The van der Waals surface area contributed by atoms with E-state index >= 15 is 4.39 Å². The molecule has 0 saturated carbocycles. The van der Waals surface area contributed by atoms with Gasteiger partial charge in [0.05, 0.1) is 29.4 Å². The Hall–Kier alpha value is -2.76. The van der Waals surface area contributed by atoms with E-state index in [-0.39, 0.29) is 44.1 Å². The number of rotatable bonds is 7. The minimum atomic E-state index is -1.14. The molecule has 3 N–H and O–H groups in total. The van der Waals surface area contributed by atoms with Gasteiger partial charge in [0.15, 0.2) is 18.2 Å². The first-order valence-electron chi connectivity index (χ1n) is 11.7. The molecule has 9 nitrogen and oxygen atoms in total. The SMILES string of the molecule is COc1ccc2nccc([C@@H](O)CN3CCC(NCc4nc5c(cc4Cl)OCC(=O)N5)C(F)C3)c2c1.Cl. The summed E-state index contributed by atoms with van der Waals surface area (Å²) in [6.45, 7) is 1.29. The summed E-state index contributed by atoms with van der Waals surface area (Å²) in [6.07, 6.45) is 0.287. The molecule has 0 spiro atoms. The van der Waals surface area contributed by atoms with Gasteiger partial charge in [-0.25, -0.2) is 9.37 Å². The number of anilines is 1. The standard InChI is InChI=1S/C25H27ClFN5O4.ClH/c1-35-14-2-3-19-16(8-14)15(4-6-28-19)22(33)12-32-7-5-20(18(27)11-32)29-10-21-17(26)9-23-25(30-21)31-24(34)13-36-23;/h2-4,6,8-9,18,20,22,29,33H,5,7,10-13H2,1H3,(H,30,31,34);1H/t18?,20?,22-;/m0./s1. The first-order valence-corrected chi connectivity index (χ1v) is 12.1. The first kappa shape index (κ1) is 27.3. The third kappa shape index (κ3) is 6.05. The topological polar surface area (TPSA) is 109 Å². The Morgan fingerprint density at radius 3 is 3.00 bits per heavy atom. The summed E-state index contributed by atoms with van der Waals surface area (Å²) in [5.41, 5.74) is 2.00. The highest BCUT2D eigenvalue weighted by molar-refractivity contribution is 6.31. The zero-order chi connectivity index (χ0) is 25.2. The van der Waals surface area contributed by atoms with Gasteiger partial charge >= 0.3 is 0 Å². The molecule has 1 fully saturated rings. The highest BCUT2D eigenvalue weighted by Gasteiger charge is 2.31. The van der Waals surface area contributed by atoms with Crippen molar-refractivity contribution in [1.29, 1.82) is 0 Å². The summed E-state index contributed by atoms with van der Waals surface area (Å²) in [5.74, 6) is 1.13. The maximum Gasteiger partial charge on any atom is 0.263 e. The number of hydrogen-bond donors (Lipinski definition) is 3. The van der Waals surface area contributed by atoms with E-state index in [4.69, 9.17) is 21.1 Å². The molecule has 37 heavy (non-hydrogen) atoms. The number of halogens is 3. The van der Waals surface area contributed by atoms with Crippen molar-refractivity contribution >= 4 is 46.6 Å². The number of likely N-dealkylation sites (tertiary alicyclic amines) is 1. The molecule has 0 aliphatic carbocycles. The van der Waals surface area contributed by atoms with Crippen LogP contribution in [0.4, 0.5) is 10.2 Å². The van der Waals surface area contributed by atoms with Crippen molar-refractivity contribution < 1.29 is 23.8 Å². The van der Waals surface area contributed by atoms with Crippen molar-refractivity contribution in [1.82, 2.24) is 20.2 Å². The summed E-state index contributed by atoms with van der Waals surface area (Å²) < 4.78 is 25.7. The lowest BCUT2D eigenvalue weighted by Gasteiger charge is -2.36. The molecule has 2 aliphatic heterocycles. The number of ether oxygens (including phenoxy) is 2. The average Bonchev–Trinajstić information content (AvgIpc) is 2.87. The molecule has 2 aromatic heterocycles. The van der Waals surface area contributed by atoms with E-state index in [1.807, 2.05) is 23.1 Å². The fourth-order valence-electron chi connectivity index (χ4n) is 4.64. The van der Waals surface area contributed by atoms with Crippen molar-refractivity contribution in [2.75, 3.05) is 38.7 Å². The number of hydrogen-bond acceptors (Lipinski definition) is 8. The Balaban J connectivity index is 0.00000320. The van der Waals surface area contributed by atoms with E-state index in [2.05, 4.69) is 20.6 Å². The number of pyridine rings is 2. The van der Waals surface area contributed by atoms with Gasteiger partial charge in [0, 0.05) is 43.3 Å². The number of benzene rings is 1. The van der Waals surface area contributed by atoms with Crippen LogP contribution in [0.1, 0.15) is 23.8 Å². The smallest absolute Gasteiger partial charge is 0.263 e. The van der Waals surface area contributed by atoms with Crippen LogP contribution >= 0.6 is 24.0 Å². The maximum atomic E-state index is 15.1. The Kier molecular flexibility index (Phi) is 8.66. The van der Waals surface area contributed by atoms with E-state index < -0.39 is 12.3 Å². The predicted octanol–water partition coefficient (Wildman–Crippen LogP) is 3.28. The van der Waals surface area contributed by atoms with Crippen LogP contribution in [0.3, 0.4) is 0 Å². The van der Waals surface area contributed by atoms with Gasteiger partial charge in [-0.3, -0.25) is 14.7 Å². The number of aliphatic hydroxyl groups excluding tert-OH is 1. The van der Waals surface area contributed by atoms with E-state index in [0.29, 0.717) is 47.5 Å². The van der Waals surface area contributed by atoms with Gasteiger partial charge in [-0.05, 0) is 42.8 Å². The molecule has 1 amide bonds. The minimum absolute atomic E-state index is 0. The van der Waals surface area contributed by atoms with Crippen LogP contribution in [0.2, 0.25) is 5.02 Å². The molecule has 2 unspecified atom stereocenters. The van der Waals surface area contributed by atoms with Gasteiger partial charge in [-0.1, -0.05) is 11.6 Å². The van der Waals surface area contributed by atoms with Gasteiger partial charge in [-0.2, -0.15) is 0 Å². The Bertz CT molecular complexity index is 1280. The highest BCUT2D eigenvalue weighted by atomic mass is 35.5. The van der Waals surface area contributed by atoms with Crippen LogP contribution < -0.4 is 20.1 Å². The van der Waals surface area contributed by atoms with Crippen LogP contribution in [0.15, 0.2) is 36.5 Å². The minimum Gasteiger partial charge on any atom is -0.497 e. The van der Waals surface area contributed by atoms with Gasteiger partial charge < -0.3 is 25.2 Å². The molecular weight excluding hydrogens is 524 g/mol. The number of carbonyl (C=O) groups is 1. The summed E-state index contributed by atoms with van der Waals surface area (Å²) in [6, 6.07) is 8.54. The molecule has 1 saturated heterocycles. The van der Waals surface area contributed by atoms with Gasteiger partial charge in [0.25, 0.3) is 5.91 Å². The van der Waals surface area contributed by atoms with Gasteiger partial charge in [0.2, 0.25) is 0 Å². The monoisotopic (exact) mass is 551 g/mol. The van der Waals surface area contributed by atoms with E-state index in [1.54, 1.807) is 25.4 Å². The van der Waals surface area contributed by atoms with Crippen LogP contribution in [0.25, 0.3) is 10.9 Å². The molecule has 3 aromatic rings. The van der Waals surface area contributed by atoms with Crippen LogP contribution in [-0.4, -0.2) is 71.4 Å². The molecule has 5 rings (SSSR count). The number of nitrogens with zero attached hydrogens (tertiary/aromatic N) is 3. The zero-order valence-corrected chi connectivity index (χ0v) is 21.7. The quantitative estimate of drug-likeness (QED) is 0.410. The number of β-amino-alcohol motifs (C(OH)–C–C–N with tert-alkyl or cyclic N) is 1. The molecule has 12 heteroatoms. The first-order chi connectivity index (χ1) is 17.4. The fourth-order valence-corrected chi connectivity index (χ4v) is 4.85. The summed E-state index contributed by atoms with van der Waals surface area (Å²) in [5, 5.41) is 18.0. The summed E-state index contributed by atoms with van der Waals surface area (Å²) in [4.78, 5) is 22.2. The second-order valence-electron chi connectivity index (χ2n) is 8.95.